The minimum absolute atomic E-state index is 0.161. The molecule has 6 heteroatoms. The molecule has 0 saturated heterocycles. The molecular formula is C16H24N2O4. The molecule has 122 valence electrons. The molecule has 0 spiro atoms. The lowest BCUT2D eigenvalue weighted by Gasteiger charge is -2.11. The molecule has 6 nitrogen and oxygen atoms in total. The number of methoxy groups -OCH3 is 1. The van der Waals surface area contributed by atoms with Gasteiger partial charge in [-0.2, -0.15) is 0 Å². The van der Waals surface area contributed by atoms with Crippen LogP contribution in [0.3, 0.4) is 0 Å². The average Bonchev–Trinajstić information content (AvgIpc) is 2.45. The summed E-state index contributed by atoms with van der Waals surface area (Å²) in [4.78, 5) is 23.2. The van der Waals surface area contributed by atoms with Gasteiger partial charge in [0.25, 0.3) is 0 Å². The molecule has 0 radical (unpaired) electrons. The second-order valence-electron chi connectivity index (χ2n) is 5.42. The summed E-state index contributed by atoms with van der Waals surface area (Å²) in [5, 5.41) is 5.31. The highest BCUT2D eigenvalue weighted by Gasteiger charge is 2.09. The summed E-state index contributed by atoms with van der Waals surface area (Å²) < 4.78 is 10.1. The van der Waals surface area contributed by atoms with E-state index < -0.39 is 6.09 Å². The molecule has 0 unspecified atom stereocenters. The zero-order chi connectivity index (χ0) is 16.5. The van der Waals surface area contributed by atoms with E-state index >= 15 is 0 Å². The molecule has 0 bridgehead atoms. The third-order valence-electron chi connectivity index (χ3n) is 2.80. The van der Waals surface area contributed by atoms with Crippen molar-refractivity contribution in [1.82, 2.24) is 5.32 Å². The van der Waals surface area contributed by atoms with Crippen molar-refractivity contribution in [1.29, 1.82) is 0 Å². The van der Waals surface area contributed by atoms with Crippen LogP contribution >= 0.6 is 0 Å². The van der Waals surface area contributed by atoms with Gasteiger partial charge in [-0.15, -0.1) is 0 Å². The number of carbonyl (C=O) groups excluding carboxylic acids is 2. The summed E-state index contributed by atoms with van der Waals surface area (Å²) in [6, 6.07) is 5.54. The summed E-state index contributed by atoms with van der Waals surface area (Å²) in [7, 11) is 1.55. The van der Waals surface area contributed by atoms with E-state index in [4.69, 9.17) is 9.47 Å². The average molecular weight is 308 g/mol. The van der Waals surface area contributed by atoms with Crippen LogP contribution in [0, 0.1) is 12.8 Å². The Bertz CT molecular complexity index is 515. The van der Waals surface area contributed by atoms with Crippen LogP contribution in [0.15, 0.2) is 18.2 Å². The van der Waals surface area contributed by atoms with Gasteiger partial charge in [-0.3, -0.25) is 4.79 Å². The standard InChI is InChI=1S/C16H24N2O4/c1-11(2)10-22-16(20)17-8-7-15(19)18-13-9-12(3)5-6-14(13)21-4/h5-6,9,11H,7-8,10H2,1-4H3,(H,17,20)(H,18,19). The van der Waals surface area contributed by atoms with E-state index in [-0.39, 0.29) is 24.8 Å². The highest BCUT2D eigenvalue weighted by atomic mass is 16.5. The quantitative estimate of drug-likeness (QED) is 0.812. The van der Waals surface area contributed by atoms with Crippen LogP contribution in [0.2, 0.25) is 0 Å². The van der Waals surface area contributed by atoms with Gasteiger partial charge in [0.1, 0.15) is 5.75 Å². The number of ether oxygens (including phenoxy) is 2. The monoisotopic (exact) mass is 308 g/mol. The Kier molecular flexibility index (Phi) is 7.22. The normalized spacial score (nSPS) is 10.2. The van der Waals surface area contributed by atoms with Crippen molar-refractivity contribution in [2.75, 3.05) is 25.6 Å². The number of benzene rings is 1. The first-order valence-corrected chi connectivity index (χ1v) is 7.27. The molecule has 1 rings (SSSR count). The number of amides is 2. The van der Waals surface area contributed by atoms with Gasteiger partial charge < -0.3 is 20.1 Å². The largest absolute Gasteiger partial charge is 0.495 e. The fourth-order valence-corrected chi connectivity index (χ4v) is 1.70. The second kappa shape index (κ2) is 8.92. The Balaban J connectivity index is 2.38. The van der Waals surface area contributed by atoms with Gasteiger partial charge in [0.2, 0.25) is 5.91 Å². The first kappa shape index (κ1) is 17.8. The molecule has 2 N–H and O–H groups in total. The highest BCUT2D eigenvalue weighted by Crippen LogP contribution is 2.25. The summed E-state index contributed by atoms with van der Waals surface area (Å²) in [6.45, 7) is 6.42. The second-order valence-corrected chi connectivity index (χ2v) is 5.42. The van der Waals surface area contributed by atoms with E-state index in [0.717, 1.165) is 5.56 Å². The Morgan fingerprint density at radius 1 is 1.27 bits per heavy atom. The first-order chi connectivity index (χ1) is 10.4. The molecule has 0 atom stereocenters. The number of alkyl carbamates (subject to hydrolysis) is 1. The summed E-state index contributed by atoms with van der Waals surface area (Å²) >= 11 is 0. The first-order valence-electron chi connectivity index (χ1n) is 7.27. The Morgan fingerprint density at radius 3 is 2.64 bits per heavy atom. The lowest BCUT2D eigenvalue weighted by molar-refractivity contribution is -0.116. The van der Waals surface area contributed by atoms with E-state index in [1.165, 1.54) is 0 Å². The fraction of sp³-hybridized carbons (Fsp3) is 0.500. The van der Waals surface area contributed by atoms with Gasteiger partial charge in [-0.25, -0.2) is 4.79 Å². The third-order valence-corrected chi connectivity index (χ3v) is 2.80. The van der Waals surface area contributed by atoms with E-state index in [1.807, 2.05) is 32.9 Å². The minimum Gasteiger partial charge on any atom is -0.495 e. The summed E-state index contributed by atoms with van der Waals surface area (Å²) in [5.41, 5.74) is 1.64. The van der Waals surface area contributed by atoms with Gasteiger partial charge >= 0.3 is 6.09 Å². The highest BCUT2D eigenvalue weighted by molar-refractivity contribution is 5.92. The van der Waals surface area contributed by atoms with E-state index in [1.54, 1.807) is 13.2 Å². The van der Waals surface area contributed by atoms with Crippen molar-refractivity contribution in [2.45, 2.75) is 27.2 Å². The van der Waals surface area contributed by atoms with Gasteiger partial charge in [0, 0.05) is 13.0 Å². The smallest absolute Gasteiger partial charge is 0.407 e. The topological polar surface area (TPSA) is 76.7 Å². The number of rotatable bonds is 7. The zero-order valence-electron chi connectivity index (χ0n) is 13.6. The van der Waals surface area contributed by atoms with Crippen molar-refractivity contribution in [3.8, 4) is 5.75 Å². The molecular weight excluding hydrogens is 284 g/mol. The van der Waals surface area contributed by atoms with Gasteiger partial charge in [-0.05, 0) is 30.5 Å². The predicted molar refractivity (Wildman–Crippen MR) is 85.2 cm³/mol. The Morgan fingerprint density at radius 2 is 2.00 bits per heavy atom. The molecule has 0 fully saturated rings. The zero-order valence-corrected chi connectivity index (χ0v) is 13.6. The molecule has 2 amide bonds. The minimum atomic E-state index is -0.505. The maximum atomic E-state index is 11.9. The third kappa shape index (κ3) is 6.47. The van der Waals surface area contributed by atoms with Crippen LogP contribution < -0.4 is 15.4 Å². The van der Waals surface area contributed by atoms with E-state index in [2.05, 4.69) is 10.6 Å². The number of nitrogens with one attached hydrogen (secondary N) is 2. The molecule has 0 aliphatic carbocycles. The molecule has 1 aromatic carbocycles. The van der Waals surface area contributed by atoms with Crippen molar-refractivity contribution >= 4 is 17.7 Å². The van der Waals surface area contributed by atoms with Crippen molar-refractivity contribution in [3.63, 3.8) is 0 Å². The van der Waals surface area contributed by atoms with Gasteiger partial charge in [-0.1, -0.05) is 19.9 Å². The molecule has 0 saturated carbocycles. The van der Waals surface area contributed by atoms with Crippen LogP contribution in [0.5, 0.6) is 5.75 Å². The van der Waals surface area contributed by atoms with Crippen LogP contribution in [-0.4, -0.2) is 32.3 Å². The van der Waals surface area contributed by atoms with Crippen LogP contribution in [0.25, 0.3) is 0 Å². The molecule has 0 aliphatic heterocycles. The summed E-state index contributed by atoms with van der Waals surface area (Å²) in [5.74, 6) is 0.680. The van der Waals surface area contributed by atoms with Gasteiger partial charge in [0.15, 0.2) is 0 Å². The van der Waals surface area contributed by atoms with Crippen LogP contribution in [-0.2, 0) is 9.53 Å². The molecule has 22 heavy (non-hydrogen) atoms. The Hall–Kier alpha value is -2.24. The van der Waals surface area contributed by atoms with Crippen molar-refractivity contribution in [2.24, 2.45) is 5.92 Å². The fourth-order valence-electron chi connectivity index (χ4n) is 1.70. The number of hydrogen-bond acceptors (Lipinski definition) is 4. The Labute approximate surface area is 131 Å². The van der Waals surface area contributed by atoms with Crippen LogP contribution in [0.4, 0.5) is 10.5 Å². The maximum Gasteiger partial charge on any atom is 0.407 e. The van der Waals surface area contributed by atoms with Gasteiger partial charge in [0.05, 0.1) is 19.4 Å². The number of carbonyl (C=O) groups is 2. The number of aryl methyl sites for hydroxylation is 1. The lowest BCUT2D eigenvalue weighted by atomic mass is 10.2. The van der Waals surface area contributed by atoms with Crippen LogP contribution in [0.1, 0.15) is 25.8 Å². The number of hydrogen-bond donors (Lipinski definition) is 2. The number of anilines is 1. The summed E-state index contributed by atoms with van der Waals surface area (Å²) in [6.07, 6.45) is -0.344. The SMILES string of the molecule is COc1ccc(C)cc1NC(=O)CCNC(=O)OCC(C)C. The lowest BCUT2D eigenvalue weighted by Crippen LogP contribution is -2.29. The molecule has 0 heterocycles. The van der Waals surface area contributed by atoms with Crippen molar-refractivity contribution < 1.29 is 19.1 Å². The maximum absolute atomic E-state index is 11.9. The van der Waals surface area contributed by atoms with Crippen molar-refractivity contribution in [3.05, 3.63) is 23.8 Å². The molecule has 0 aromatic heterocycles. The predicted octanol–water partition coefficient (Wildman–Crippen LogP) is 2.71. The van der Waals surface area contributed by atoms with E-state index in [0.29, 0.717) is 18.0 Å². The molecule has 0 aliphatic rings. The van der Waals surface area contributed by atoms with E-state index in [9.17, 15) is 9.59 Å². The molecule has 1 aromatic rings.